The van der Waals surface area contributed by atoms with Gasteiger partial charge in [0, 0.05) is 13.1 Å². The monoisotopic (exact) mass is 440 g/mol. The predicted molar refractivity (Wildman–Crippen MR) is 123 cm³/mol. The minimum absolute atomic E-state index is 0.0939. The van der Waals surface area contributed by atoms with Crippen molar-refractivity contribution in [2.24, 2.45) is 0 Å². The molecule has 0 aliphatic carbocycles. The summed E-state index contributed by atoms with van der Waals surface area (Å²) in [6.45, 7) is 1.25. The lowest BCUT2D eigenvalue weighted by Crippen LogP contribution is -2.33. The molecule has 158 valence electrons. The second-order valence-corrected chi connectivity index (χ2v) is 9.76. The second kappa shape index (κ2) is 8.06. The van der Waals surface area contributed by atoms with E-state index in [9.17, 15) is 13.7 Å². The molecule has 32 heavy (non-hydrogen) atoms. The zero-order chi connectivity index (χ0) is 22.1. The Morgan fingerprint density at radius 3 is 2.19 bits per heavy atom. The molecule has 0 fully saturated rings. The lowest BCUT2D eigenvalue weighted by molar-refractivity contribution is 0.589. The number of hydrogen-bond acceptors (Lipinski definition) is 6. The van der Waals surface area contributed by atoms with Gasteiger partial charge in [-0.25, -0.2) is 18.4 Å². The number of rotatable bonds is 4. The summed E-state index contributed by atoms with van der Waals surface area (Å²) in [5, 5.41) is 8.55. The van der Waals surface area contributed by atoms with E-state index in [1.165, 1.54) is 23.3 Å². The molecule has 0 unspecified atom stereocenters. The van der Waals surface area contributed by atoms with Crippen LogP contribution in [0, 0.1) is 11.3 Å². The Labute approximate surface area is 186 Å². The highest BCUT2D eigenvalue weighted by molar-refractivity contribution is 7.92. The maximum atomic E-state index is 13.4. The molecule has 5 rings (SSSR count). The Bertz CT molecular complexity index is 1450. The van der Waals surface area contributed by atoms with Gasteiger partial charge in [-0.1, -0.05) is 54.6 Å². The molecule has 1 aliphatic rings. The van der Waals surface area contributed by atoms with Gasteiger partial charge in [0.2, 0.25) is 9.84 Å². The summed E-state index contributed by atoms with van der Waals surface area (Å²) < 4.78 is 26.8. The molecule has 0 N–H and O–H groups in total. The van der Waals surface area contributed by atoms with E-state index in [0.29, 0.717) is 29.9 Å². The van der Waals surface area contributed by atoms with Crippen molar-refractivity contribution in [2.75, 3.05) is 11.4 Å². The number of benzene rings is 3. The molecule has 0 bridgehead atoms. The van der Waals surface area contributed by atoms with Crippen LogP contribution in [0.15, 0.2) is 83.8 Å². The first kappa shape index (κ1) is 20.2. The fraction of sp³-hybridized carbons (Fsp3) is 0.160. The molecular formula is C25H20N4O2S. The Hall–Kier alpha value is -3.76. The molecule has 6 nitrogen and oxygen atoms in total. The van der Waals surface area contributed by atoms with E-state index in [1.54, 1.807) is 24.3 Å². The zero-order valence-corrected chi connectivity index (χ0v) is 18.0. The van der Waals surface area contributed by atoms with Crippen molar-refractivity contribution in [1.82, 2.24) is 9.97 Å². The number of nitrogens with zero attached hydrogens (tertiary/aromatic N) is 4. The van der Waals surface area contributed by atoms with Gasteiger partial charge in [-0.05, 0) is 41.8 Å². The van der Waals surface area contributed by atoms with E-state index in [-0.39, 0.29) is 10.6 Å². The summed E-state index contributed by atoms with van der Waals surface area (Å²) in [6.07, 6.45) is 0.812. The van der Waals surface area contributed by atoms with Crippen LogP contribution in [0.2, 0.25) is 0 Å². The van der Waals surface area contributed by atoms with E-state index in [2.05, 4.69) is 17.1 Å². The molecule has 0 amide bonds. The lowest BCUT2D eigenvalue weighted by atomic mass is 10.00. The highest BCUT2D eigenvalue weighted by Gasteiger charge is 2.35. The van der Waals surface area contributed by atoms with Crippen LogP contribution < -0.4 is 4.90 Å². The van der Waals surface area contributed by atoms with Crippen LogP contribution in [0.3, 0.4) is 0 Å². The first-order valence-corrected chi connectivity index (χ1v) is 11.9. The molecule has 4 aromatic rings. The van der Waals surface area contributed by atoms with Crippen LogP contribution in [0.4, 0.5) is 5.82 Å². The molecular weight excluding hydrogens is 420 g/mol. The van der Waals surface area contributed by atoms with E-state index in [4.69, 9.17) is 4.98 Å². The standard InChI is InChI=1S/C25H20N4O2S/c26-16-23(32(30,31)20-10-2-1-3-11-20)24-25(28-22-13-7-6-12-21(22)27-24)29-15-14-18-8-4-5-9-19(18)17-29/h1-13,23H,14-15,17H2/t23-/m0/s1. The van der Waals surface area contributed by atoms with Crippen molar-refractivity contribution in [2.45, 2.75) is 23.1 Å². The van der Waals surface area contributed by atoms with Crippen molar-refractivity contribution < 1.29 is 8.42 Å². The normalized spacial score (nSPS) is 14.5. The average Bonchev–Trinajstić information content (AvgIpc) is 2.84. The van der Waals surface area contributed by atoms with Crippen molar-refractivity contribution in [3.8, 4) is 6.07 Å². The van der Waals surface area contributed by atoms with Gasteiger partial charge < -0.3 is 4.90 Å². The molecule has 0 radical (unpaired) electrons. The minimum Gasteiger partial charge on any atom is -0.350 e. The highest BCUT2D eigenvalue weighted by atomic mass is 32.2. The predicted octanol–water partition coefficient (Wildman–Crippen LogP) is 4.23. The summed E-state index contributed by atoms with van der Waals surface area (Å²) in [5.74, 6) is 0.448. The zero-order valence-electron chi connectivity index (χ0n) is 17.2. The van der Waals surface area contributed by atoms with Gasteiger partial charge in [-0.3, -0.25) is 0 Å². The number of fused-ring (bicyclic) bond motifs is 2. The minimum atomic E-state index is -3.98. The van der Waals surface area contributed by atoms with Crippen LogP contribution in [0.25, 0.3) is 11.0 Å². The smallest absolute Gasteiger partial charge is 0.200 e. The molecule has 1 aliphatic heterocycles. The number of hydrogen-bond donors (Lipinski definition) is 0. The molecule has 1 atom stereocenters. The average molecular weight is 441 g/mol. The number of para-hydroxylation sites is 2. The van der Waals surface area contributed by atoms with Crippen molar-refractivity contribution >= 4 is 26.7 Å². The summed E-state index contributed by atoms with van der Waals surface area (Å²) in [4.78, 5) is 11.6. The van der Waals surface area contributed by atoms with Gasteiger partial charge in [0.15, 0.2) is 11.1 Å². The third-order valence-electron chi connectivity index (χ3n) is 5.76. The molecule has 1 aromatic heterocycles. The number of anilines is 1. The van der Waals surface area contributed by atoms with E-state index >= 15 is 0 Å². The fourth-order valence-electron chi connectivity index (χ4n) is 4.11. The molecule has 2 heterocycles. The third kappa shape index (κ3) is 3.49. The van der Waals surface area contributed by atoms with Crippen LogP contribution >= 0.6 is 0 Å². The van der Waals surface area contributed by atoms with Crippen molar-refractivity contribution in [3.63, 3.8) is 0 Å². The summed E-state index contributed by atoms with van der Waals surface area (Å²) >= 11 is 0. The van der Waals surface area contributed by atoms with Crippen molar-refractivity contribution in [3.05, 3.63) is 95.7 Å². The molecule has 7 heteroatoms. The second-order valence-electron chi connectivity index (χ2n) is 7.73. The van der Waals surface area contributed by atoms with Gasteiger partial charge in [0.05, 0.1) is 22.0 Å². The summed E-state index contributed by atoms with van der Waals surface area (Å²) in [6, 6.07) is 25.6. The van der Waals surface area contributed by atoms with Gasteiger partial charge in [-0.2, -0.15) is 5.26 Å². The first-order chi connectivity index (χ1) is 15.6. The van der Waals surface area contributed by atoms with Crippen LogP contribution in [-0.4, -0.2) is 24.9 Å². The largest absolute Gasteiger partial charge is 0.350 e. The van der Waals surface area contributed by atoms with E-state index in [1.807, 2.05) is 41.3 Å². The van der Waals surface area contributed by atoms with Gasteiger partial charge in [0.1, 0.15) is 5.69 Å². The topological polar surface area (TPSA) is 86.9 Å². The van der Waals surface area contributed by atoms with Gasteiger partial charge in [0.25, 0.3) is 0 Å². The number of aromatic nitrogens is 2. The Morgan fingerprint density at radius 1 is 0.844 bits per heavy atom. The highest BCUT2D eigenvalue weighted by Crippen LogP contribution is 2.35. The first-order valence-electron chi connectivity index (χ1n) is 10.3. The Morgan fingerprint density at radius 2 is 1.47 bits per heavy atom. The van der Waals surface area contributed by atoms with Crippen LogP contribution in [-0.2, 0) is 22.8 Å². The molecule has 0 spiro atoms. The quantitative estimate of drug-likeness (QED) is 0.472. The molecule has 0 saturated carbocycles. The Kier molecular flexibility index (Phi) is 5.08. The van der Waals surface area contributed by atoms with E-state index < -0.39 is 15.1 Å². The van der Waals surface area contributed by atoms with Gasteiger partial charge >= 0.3 is 0 Å². The Balaban J connectivity index is 1.68. The third-order valence-corrected chi connectivity index (χ3v) is 7.63. The lowest BCUT2D eigenvalue weighted by Gasteiger charge is -2.31. The van der Waals surface area contributed by atoms with Crippen LogP contribution in [0.1, 0.15) is 22.1 Å². The molecule has 3 aromatic carbocycles. The van der Waals surface area contributed by atoms with E-state index in [0.717, 1.165) is 6.42 Å². The number of sulfone groups is 1. The SMILES string of the molecule is N#C[C@@H](c1nc2ccccc2nc1N1CCc2ccccc2C1)S(=O)(=O)c1ccccc1. The fourth-order valence-corrected chi connectivity index (χ4v) is 5.51. The maximum absolute atomic E-state index is 13.4. The van der Waals surface area contributed by atoms with Crippen LogP contribution in [0.5, 0.6) is 0 Å². The number of nitriles is 1. The summed E-state index contributed by atoms with van der Waals surface area (Å²) in [5.41, 5.74) is 3.84. The van der Waals surface area contributed by atoms with Gasteiger partial charge in [-0.15, -0.1) is 0 Å². The summed E-state index contributed by atoms with van der Waals surface area (Å²) in [7, 11) is -3.98. The molecule has 0 saturated heterocycles. The van der Waals surface area contributed by atoms with Crippen molar-refractivity contribution in [1.29, 1.82) is 5.26 Å². The maximum Gasteiger partial charge on any atom is 0.200 e.